The minimum Gasteiger partial charge on any atom is -0.423 e. The average molecular weight is 219 g/mol. The zero-order chi connectivity index (χ0) is 11.0. The highest BCUT2D eigenvalue weighted by molar-refractivity contribution is 6.64. The second kappa shape index (κ2) is 3.85. The van der Waals surface area contributed by atoms with Crippen LogP contribution in [-0.2, 0) is 0 Å². The first kappa shape index (κ1) is 10.5. The number of hydrogen-bond donors (Lipinski definition) is 2. The molecular formula is C9H8B2ClNO2. The summed E-state index contributed by atoms with van der Waals surface area (Å²) in [6.45, 7) is 0. The number of hydrogen-bond acceptors (Lipinski definition) is 3. The number of aromatic nitrogens is 1. The van der Waals surface area contributed by atoms with Gasteiger partial charge in [0.1, 0.15) is 0 Å². The molecule has 2 rings (SSSR count). The Kier molecular flexibility index (Phi) is 2.69. The van der Waals surface area contributed by atoms with Crippen LogP contribution in [0, 0.1) is 0 Å². The maximum absolute atomic E-state index is 9.12. The number of pyridine rings is 1. The first-order chi connectivity index (χ1) is 7.08. The van der Waals surface area contributed by atoms with Crippen LogP contribution < -0.4 is 11.1 Å². The van der Waals surface area contributed by atoms with Gasteiger partial charge in [-0.3, -0.25) is 4.98 Å². The van der Waals surface area contributed by atoms with Gasteiger partial charge in [-0.2, -0.15) is 0 Å². The second-order valence-corrected chi connectivity index (χ2v) is 3.81. The van der Waals surface area contributed by atoms with Crippen LogP contribution in [0.2, 0.25) is 5.02 Å². The third-order valence-corrected chi connectivity index (χ3v) is 2.52. The molecule has 0 saturated heterocycles. The predicted molar refractivity (Wildman–Crippen MR) is 64.8 cm³/mol. The summed E-state index contributed by atoms with van der Waals surface area (Å²) in [4.78, 5) is 4.26. The van der Waals surface area contributed by atoms with Crippen molar-refractivity contribution in [2.24, 2.45) is 0 Å². The molecule has 0 spiro atoms. The summed E-state index contributed by atoms with van der Waals surface area (Å²) in [5.74, 6) is 0. The second-order valence-electron chi connectivity index (χ2n) is 3.37. The first-order valence-corrected chi connectivity index (χ1v) is 4.88. The lowest BCUT2D eigenvalue weighted by Crippen LogP contribution is -2.42. The monoisotopic (exact) mass is 219 g/mol. The molecule has 0 radical (unpaired) electrons. The molecule has 0 aliphatic carbocycles. The summed E-state index contributed by atoms with van der Waals surface area (Å²) in [5, 5.41) is 19.6. The van der Waals surface area contributed by atoms with Crippen LogP contribution in [-0.4, -0.2) is 30.0 Å². The van der Waals surface area contributed by atoms with Crippen LogP contribution in [0.5, 0.6) is 0 Å². The van der Waals surface area contributed by atoms with Crippen molar-refractivity contribution in [3.63, 3.8) is 0 Å². The molecule has 0 amide bonds. The van der Waals surface area contributed by atoms with Gasteiger partial charge in [-0.15, -0.1) is 0 Å². The molecule has 0 aliphatic rings. The largest absolute Gasteiger partial charge is 0.489 e. The van der Waals surface area contributed by atoms with Crippen LogP contribution in [0.1, 0.15) is 0 Å². The molecule has 0 aliphatic heterocycles. The molecule has 2 aromatic rings. The van der Waals surface area contributed by atoms with Crippen LogP contribution >= 0.6 is 11.6 Å². The normalized spacial score (nSPS) is 10.6. The molecule has 1 heterocycles. The van der Waals surface area contributed by atoms with E-state index in [4.69, 9.17) is 21.6 Å². The number of rotatable bonds is 1. The Hall–Kier alpha value is -1.03. The Morgan fingerprint density at radius 1 is 1.27 bits per heavy atom. The van der Waals surface area contributed by atoms with E-state index >= 15 is 0 Å². The third-order valence-electron chi connectivity index (χ3n) is 2.28. The molecule has 3 nitrogen and oxygen atoms in total. The van der Waals surface area contributed by atoms with Gasteiger partial charge >= 0.3 is 7.12 Å². The average Bonchev–Trinajstić information content (AvgIpc) is 2.17. The van der Waals surface area contributed by atoms with E-state index in [0.717, 1.165) is 10.9 Å². The maximum Gasteiger partial charge on any atom is 0.489 e. The zero-order valence-electron chi connectivity index (χ0n) is 8.11. The van der Waals surface area contributed by atoms with Crippen LogP contribution in [0.15, 0.2) is 24.3 Å². The maximum atomic E-state index is 9.12. The number of halogens is 1. The quantitative estimate of drug-likeness (QED) is 0.594. The van der Waals surface area contributed by atoms with Gasteiger partial charge in [0.05, 0.1) is 5.52 Å². The Labute approximate surface area is 93.3 Å². The van der Waals surface area contributed by atoms with Gasteiger partial charge in [0.25, 0.3) is 0 Å². The van der Waals surface area contributed by atoms with Gasteiger partial charge in [-0.1, -0.05) is 17.7 Å². The summed E-state index contributed by atoms with van der Waals surface area (Å²) < 4.78 is 0. The van der Waals surface area contributed by atoms with Gasteiger partial charge in [-0.25, -0.2) is 0 Å². The number of nitrogens with zero attached hydrogens (tertiary/aromatic N) is 1. The minimum absolute atomic E-state index is 0.407. The standard InChI is InChI=1S/C9H8B2ClNO2/c10-9-7(11(14)15)4-5-3-6(12)1-2-8(5)13-9/h1-4,14-15H,10H2. The molecule has 1 aromatic heterocycles. The van der Waals surface area contributed by atoms with E-state index in [1.165, 1.54) is 0 Å². The van der Waals surface area contributed by atoms with Gasteiger partial charge in [0, 0.05) is 10.4 Å². The lowest BCUT2D eigenvalue weighted by molar-refractivity contribution is 0.426. The molecule has 6 heteroatoms. The molecule has 0 unspecified atom stereocenters. The molecule has 0 saturated carbocycles. The summed E-state index contributed by atoms with van der Waals surface area (Å²) in [6, 6.07) is 6.99. The molecule has 1 aromatic carbocycles. The Morgan fingerprint density at radius 2 is 2.00 bits per heavy atom. The third kappa shape index (κ3) is 2.00. The zero-order valence-corrected chi connectivity index (χ0v) is 8.86. The number of fused-ring (bicyclic) bond motifs is 1. The smallest absolute Gasteiger partial charge is 0.423 e. The summed E-state index contributed by atoms with van der Waals surface area (Å²) in [5.41, 5.74) is 1.81. The highest BCUT2D eigenvalue weighted by atomic mass is 35.5. The van der Waals surface area contributed by atoms with Gasteiger partial charge in [0.15, 0.2) is 7.85 Å². The SMILES string of the molecule is Bc1nc2ccc(Cl)cc2cc1B(O)O. The topological polar surface area (TPSA) is 53.4 Å². The van der Waals surface area contributed by atoms with Crippen LogP contribution in [0.4, 0.5) is 0 Å². The molecule has 0 atom stereocenters. The van der Waals surface area contributed by atoms with E-state index in [0.29, 0.717) is 16.1 Å². The van der Waals surface area contributed by atoms with Gasteiger partial charge in [0.2, 0.25) is 0 Å². The van der Waals surface area contributed by atoms with E-state index < -0.39 is 7.12 Å². The summed E-state index contributed by atoms with van der Waals surface area (Å²) in [7, 11) is 0.240. The van der Waals surface area contributed by atoms with Gasteiger partial charge in [-0.05, 0) is 29.3 Å². The number of benzene rings is 1. The summed E-state index contributed by atoms with van der Waals surface area (Å²) >= 11 is 5.84. The van der Waals surface area contributed by atoms with E-state index in [9.17, 15) is 0 Å². The fraction of sp³-hybridized carbons (Fsp3) is 0. The van der Waals surface area contributed by atoms with Crippen LogP contribution in [0.25, 0.3) is 10.9 Å². The van der Waals surface area contributed by atoms with E-state index in [-0.39, 0.29) is 0 Å². The van der Waals surface area contributed by atoms with Crippen molar-refractivity contribution in [3.8, 4) is 0 Å². The van der Waals surface area contributed by atoms with Crippen molar-refractivity contribution in [1.29, 1.82) is 0 Å². The lowest BCUT2D eigenvalue weighted by Gasteiger charge is -2.06. The van der Waals surface area contributed by atoms with Crippen molar-refractivity contribution in [2.45, 2.75) is 0 Å². The van der Waals surface area contributed by atoms with Crippen molar-refractivity contribution < 1.29 is 10.0 Å². The van der Waals surface area contributed by atoms with Crippen molar-refractivity contribution in [3.05, 3.63) is 29.3 Å². The highest BCUT2D eigenvalue weighted by Gasteiger charge is 2.15. The first-order valence-electron chi connectivity index (χ1n) is 4.51. The van der Waals surface area contributed by atoms with Crippen LogP contribution in [0.3, 0.4) is 0 Å². The highest BCUT2D eigenvalue weighted by Crippen LogP contribution is 2.15. The van der Waals surface area contributed by atoms with Crippen molar-refractivity contribution in [1.82, 2.24) is 4.98 Å². The lowest BCUT2D eigenvalue weighted by atomic mass is 9.74. The molecular weight excluding hydrogens is 211 g/mol. The fourth-order valence-corrected chi connectivity index (χ4v) is 1.70. The van der Waals surface area contributed by atoms with E-state index in [1.54, 1.807) is 32.1 Å². The summed E-state index contributed by atoms with van der Waals surface area (Å²) in [6.07, 6.45) is 0. The molecule has 0 fully saturated rings. The van der Waals surface area contributed by atoms with E-state index in [2.05, 4.69) is 4.98 Å². The Bertz CT molecular complexity index is 519. The minimum atomic E-state index is -1.50. The Balaban J connectivity index is 2.72. The predicted octanol–water partition coefficient (Wildman–Crippen LogP) is -1.17. The Morgan fingerprint density at radius 3 is 2.67 bits per heavy atom. The molecule has 15 heavy (non-hydrogen) atoms. The molecule has 74 valence electrons. The van der Waals surface area contributed by atoms with E-state index in [1.807, 2.05) is 0 Å². The van der Waals surface area contributed by atoms with Crippen molar-refractivity contribution >= 4 is 48.5 Å². The molecule has 2 N–H and O–H groups in total. The fourth-order valence-electron chi connectivity index (χ4n) is 1.52. The van der Waals surface area contributed by atoms with Gasteiger partial charge < -0.3 is 10.0 Å². The van der Waals surface area contributed by atoms with Crippen molar-refractivity contribution in [2.75, 3.05) is 0 Å². The molecule has 0 bridgehead atoms.